The molecule has 3 aromatic rings. The molecule has 0 saturated heterocycles. The molecule has 7 rings (SSSR count). The van der Waals surface area contributed by atoms with Crippen molar-refractivity contribution in [2.45, 2.75) is 56.9 Å². The van der Waals surface area contributed by atoms with Crippen molar-refractivity contribution in [3.8, 4) is 0 Å². The molecule has 2 amide bonds. The third-order valence-electron chi connectivity index (χ3n) is 7.70. The van der Waals surface area contributed by atoms with Crippen molar-refractivity contribution < 1.29 is 9.59 Å². The summed E-state index contributed by atoms with van der Waals surface area (Å²) in [7, 11) is 0. The topological polar surface area (TPSA) is 102 Å². The van der Waals surface area contributed by atoms with Gasteiger partial charge in [0.05, 0.1) is 6.33 Å². The van der Waals surface area contributed by atoms with Crippen molar-refractivity contribution >= 4 is 34.0 Å². The molecular formula is C25H28N6O2S. The maximum atomic E-state index is 12.9. The summed E-state index contributed by atoms with van der Waals surface area (Å²) in [6.07, 6.45) is 13.3. The maximum Gasteiger partial charge on any atom is 0.257 e. The Morgan fingerprint density at radius 1 is 1.06 bits per heavy atom. The summed E-state index contributed by atoms with van der Waals surface area (Å²) in [6.45, 7) is 0.551. The highest BCUT2D eigenvalue weighted by molar-refractivity contribution is 7.15. The minimum atomic E-state index is -0.247. The van der Waals surface area contributed by atoms with Crippen LogP contribution in [0.4, 0.5) is 10.8 Å². The first-order valence-corrected chi connectivity index (χ1v) is 12.9. The summed E-state index contributed by atoms with van der Waals surface area (Å²) in [5.74, 6) is 2.15. The van der Waals surface area contributed by atoms with E-state index < -0.39 is 0 Å². The average Bonchev–Trinajstić information content (AvgIpc) is 3.50. The summed E-state index contributed by atoms with van der Waals surface area (Å²) in [6, 6.07) is 6.96. The Hall–Kier alpha value is -3.07. The van der Waals surface area contributed by atoms with Gasteiger partial charge in [-0.2, -0.15) is 0 Å². The van der Waals surface area contributed by atoms with Crippen molar-refractivity contribution in [2.24, 2.45) is 17.8 Å². The highest BCUT2D eigenvalue weighted by atomic mass is 32.1. The highest BCUT2D eigenvalue weighted by Crippen LogP contribution is 2.61. The van der Waals surface area contributed by atoms with Gasteiger partial charge in [0, 0.05) is 42.0 Å². The van der Waals surface area contributed by atoms with E-state index in [4.69, 9.17) is 0 Å². The summed E-state index contributed by atoms with van der Waals surface area (Å²) < 4.78 is 1.85. The van der Waals surface area contributed by atoms with Crippen LogP contribution in [-0.4, -0.2) is 31.6 Å². The Labute approximate surface area is 202 Å². The van der Waals surface area contributed by atoms with E-state index >= 15 is 0 Å². The summed E-state index contributed by atoms with van der Waals surface area (Å²) in [5, 5.41) is 16.3. The molecule has 2 heterocycles. The van der Waals surface area contributed by atoms with Gasteiger partial charge in [-0.1, -0.05) is 17.4 Å². The second kappa shape index (κ2) is 8.61. The summed E-state index contributed by atoms with van der Waals surface area (Å²) >= 11 is 1.53. The second-order valence-electron chi connectivity index (χ2n) is 10.2. The molecule has 4 fully saturated rings. The highest BCUT2D eigenvalue weighted by Gasteiger charge is 2.53. The third kappa shape index (κ3) is 4.24. The quantitative estimate of drug-likeness (QED) is 0.523. The van der Waals surface area contributed by atoms with E-state index in [-0.39, 0.29) is 17.2 Å². The van der Waals surface area contributed by atoms with Crippen LogP contribution < -0.4 is 10.6 Å². The molecule has 9 heteroatoms. The SMILES string of the molecule is O=C(CCn1ccnc1)Nc1cccc(C(=O)Nc2nnc(C34CC5CC(CC(C5)C3)C4)s2)c1. The van der Waals surface area contributed by atoms with Crippen LogP contribution in [0.5, 0.6) is 0 Å². The lowest BCUT2D eigenvalue weighted by atomic mass is 9.50. The Morgan fingerprint density at radius 2 is 1.82 bits per heavy atom. The zero-order valence-corrected chi connectivity index (χ0v) is 19.8. The lowest BCUT2D eigenvalue weighted by molar-refractivity contribution is -0.116. The predicted molar refractivity (Wildman–Crippen MR) is 130 cm³/mol. The van der Waals surface area contributed by atoms with Gasteiger partial charge in [-0.05, 0) is 74.5 Å². The maximum absolute atomic E-state index is 12.9. The fraction of sp³-hybridized carbons (Fsp3) is 0.480. The number of nitrogens with zero attached hydrogens (tertiary/aromatic N) is 4. The molecule has 0 radical (unpaired) electrons. The molecular weight excluding hydrogens is 448 g/mol. The predicted octanol–water partition coefficient (Wildman–Crippen LogP) is 4.48. The lowest BCUT2D eigenvalue weighted by Crippen LogP contribution is -2.48. The second-order valence-corrected chi connectivity index (χ2v) is 11.2. The van der Waals surface area contributed by atoms with Crippen molar-refractivity contribution in [1.82, 2.24) is 19.7 Å². The molecule has 0 unspecified atom stereocenters. The molecule has 0 atom stereocenters. The Kier molecular flexibility index (Phi) is 5.44. The summed E-state index contributed by atoms with van der Waals surface area (Å²) in [5.41, 5.74) is 1.24. The normalized spacial score (nSPS) is 27.0. The molecule has 4 saturated carbocycles. The molecule has 34 heavy (non-hydrogen) atoms. The van der Waals surface area contributed by atoms with Crippen molar-refractivity contribution in [3.63, 3.8) is 0 Å². The number of aryl methyl sites for hydroxylation is 1. The van der Waals surface area contributed by atoms with Gasteiger partial charge in [-0.3, -0.25) is 14.9 Å². The van der Waals surface area contributed by atoms with E-state index in [1.165, 1.54) is 49.9 Å². The van der Waals surface area contributed by atoms with Gasteiger partial charge in [0.15, 0.2) is 0 Å². The van der Waals surface area contributed by atoms with Gasteiger partial charge < -0.3 is 9.88 Å². The Morgan fingerprint density at radius 3 is 2.53 bits per heavy atom. The number of anilines is 2. The van der Waals surface area contributed by atoms with Gasteiger partial charge in [-0.15, -0.1) is 10.2 Å². The van der Waals surface area contributed by atoms with Crippen molar-refractivity contribution in [1.29, 1.82) is 0 Å². The van der Waals surface area contributed by atoms with Crippen LogP contribution >= 0.6 is 11.3 Å². The first-order valence-electron chi connectivity index (χ1n) is 12.1. The van der Waals surface area contributed by atoms with Gasteiger partial charge in [-0.25, -0.2) is 4.98 Å². The number of amides is 2. The molecule has 1 aromatic carbocycles. The van der Waals surface area contributed by atoms with E-state index in [2.05, 4.69) is 25.8 Å². The standard InChI is InChI=1S/C25H28N6O2S/c32-21(4-6-31-7-5-26-15-31)27-20-3-1-2-19(11-20)22(33)28-24-30-29-23(34-24)25-12-16-8-17(13-25)10-18(9-16)14-25/h1-3,5,7,11,15-18H,4,6,8-10,12-14H2,(H,27,32)(H,28,30,33). The number of aromatic nitrogens is 4. The molecule has 2 N–H and O–H groups in total. The minimum absolute atomic E-state index is 0.115. The average molecular weight is 477 g/mol. The van der Waals surface area contributed by atoms with Crippen LogP contribution in [0.25, 0.3) is 0 Å². The first-order chi connectivity index (χ1) is 16.5. The molecule has 4 aliphatic rings. The van der Waals surface area contributed by atoms with Crippen LogP contribution in [0.15, 0.2) is 43.0 Å². The van der Waals surface area contributed by atoms with E-state index in [0.717, 1.165) is 22.8 Å². The smallest absolute Gasteiger partial charge is 0.257 e. The van der Waals surface area contributed by atoms with Crippen LogP contribution in [-0.2, 0) is 16.8 Å². The minimum Gasteiger partial charge on any atom is -0.337 e. The van der Waals surface area contributed by atoms with E-state index in [0.29, 0.717) is 29.3 Å². The molecule has 0 aliphatic heterocycles. The molecule has 2 aromatic heterocycles. The van der Waals surface area contributed by atoms with Crippen molar-refractivity contribution in [3.05, 3.63) is 53.6 Å². The molecule has 4 bridgehead atoms. The number of carbonyl (C=O) groups excluding carboxylic acids is 2. The number of nitrogens with one attached hydrogen (secondary N) is 2. The van der Waals surface area contributed by atoms with E-state index in [1.54, 1.807) is 36.8 Å². The van der Waals surface area contributed by atoms with E-state index in [1.807, 2.05) is 10.8 Å². The van der Waals surface area contributed by atoms with Gasteiger partial charge in [0.1, 0.15) is 5.01 Å². The number of carbonyl (C=O) groups is 2. The van der Waals surface area contributed by atoms with Gasteiger partial charge in [0.25, 0.3) is 5.91 Å². The fourth-order valence-electron chi connectivity index (χ4n) is 6.64. The van der Waals surface area contributed by atoms with E-state index in [9.17, 15) is 9.59 Å². The van der Waals surface area contributed by atoms with Crippen LogP contribution in [0.2, 0.25) is 0 Å². The summed E-state index contributed by atoms with van der Waals surface area (Å²) in [4.78, 5) is 29.2. The van der Waals surface area contributed by atoms with Crippen LogP contribution in [0, 0.1) is 17.8 Å². The first kappa shape index (κ1) is 21.5. The largest absolute Gasteiger partial charge is 0.337 e. The third-order valence-corrected chi connectivity index (χ3v) is 8.79. The van der Waals surface area contributed by atoms with Crippen LogP contribution in [0.1, 0.15) is 60.3 Å². The lowest BCUT2D eigenvalue weighted by Gasteiger charge is -2.55. The zero-order chi connectivity index (χ0) is 23.1. The van der Waals surface area contributed by atoms with Gasteiger partial charge >= 0.3 is 0 Å². The van der Waals surface area contributed by atoms with Crippen molar-refractivity contribution in [2.75, 3.05) is 10.6 Å². The van der Waals surface area contributed by atoms with Crippen LogP contribution in [0.3, 0.4) is 0 Å². The number of benzene rings is 1. The molecule has 0 spiro atoms. The fourth-order valence-corrected chi connectivity index (χ4v) is 7.60. The number of hydrogen-bond donors (Lipinski definition) is 2. The number of rotatable bonds is 7. The Balaban J connectivity index is 1.09. The molecule has 8 nitrogen and oxygen atoms in total. The van der Waals surface area contributed by atoms with Gasteiger partial charge in [0.2, 0.25) is 11.0 Å². The number of imidazole rings is 1. The zero-order valence-electron chi connectivity index (χ0n) is 18.9. The Bertz CT molecular complexity index is 1170. The molecule has 4 aliphatic carbocycles. The number of hydrogen-bond acceptors (Lipinski definition) is 6. The monoisotopic (exact) mass is 476 g/mol. The molecule has 176 valence electrons.